The third-order valence-corrected chi connectivity index (χ3v) is 5.42. The number of urea groups is 1. The standard InChI is InChI=1S/C22H31N3O4/c26-15-20-19(25-22(28)24-17-9-5-2-6-10-17)12-11-18(29-20)13-21(27)23-14-16-7-3-1-4-8-16/h1,3-4,7-8,11-12,17-20,26H,2,5-6,9-10,13-15H2,(H,23,27)(H2,24,25,28)/t18-,19+,20+/m0/s1. The molecular formula is C22H31N3O4. The summed E-state index contributed by atoms with van der Waals surface area (Å²) in [5.41, 5.74) is 1.03. The SMILES string of the molecule is O=C(C[C@@H]1C=C[C@@H](NC(=O)NC2CCCCC2)[C@@H](CO)O1)NCc1ccccc1. The lowest BCUT2D eigenvalue weighted by Gasteiger charge is -2.32. The molecule has 1 heterocycles. The number of aliphatic hydroxyl groups excluding tert-OH is 1. The molecule has 1 aromatic rings. The summed E-state index contributed by atoms with van der Waals surface area (Å²) in [6.07, 6.45) is 8.27. The zero-order valence-electron chi connectivity index (χ0n) is 16.7. The third kappa shape index (κ3) is 6.87. The van der Waals surface area contributed by atoms with Gasteiger partial charge in [-0.1, -0.05) is 61.7 Å². The predicted octanol–water partition coefficient (Wildman–Crippen LogP) is 2.01. The third-order valence-electron chi connectivity index (χ3n) is 5.42. The van der Waals surface area contributed by atoms with E-state index in [4.69, 9.17) is 4.74 Å². The van der Waals surface area contributed by atoms with E-state index in [0.717, 1.165) is 31.2 Å². The molecule has 3 atom stereocenters. The number of hydrogen-bond donors (Lipinski definition) is 4. The number of hydrogen-bond acceptors (Lipinski definition) is 4. The Kier molecular flexibility index (Phi) is 8.07. The number of ether oxygens (including phenoxy) is 1. The van der Waals surface area contributed by atoms with Crippen LogP contribution in [-0.4, -0.2) is 47.9 Å². The van der Waals surface area contributed by atoms with Gasteiger partial charge in [0.05, 0.1) is 25.2 Å². The fraction of sp³-hybridized carbons (Fsp3) is 0.545. The van der Waals surface area contributed by atoms with Gasteiger partial charge in [0.25, 0.3) is 0 Å². The minimum atomic E-state index is -0.580. The molecule has 29 heavy (non-hydrogen) atoms. The average molecular weight is 402 g/mol. The van der Waals surface area contributed by atoms with E-state index in [1.807, 2.05) is 30.3 Å². The number of amides is 3. The first kappa shape index (κ1) is 21.3. The number of aliphatic hydroxyl groups is 1. The highest BCUT2D eigenvalue weighted by atomic mass is 16.5. The van der Waals surface area contributed by atoms with Gasteiger partial charge in [-0.25, -0.2) is 4.79 Å². The lowest BCUT2D eigenvalue weighted by molar-refractivity contribution is -0.125. The van der Waals surface area contributed by atoms with Crippen molar-refractivity contribution in [3.05, 3.63) is 48.0 Å². The van der Waals surface area contributed by atoms with Crippen molar-refractivity contribution in [2.45, 2.75) is 69.4 Å². The Bertz CT molecular complexity index is 689. The molecule has 2 aliphatic rings. The van der Waals surface area contributed by atoms with Crippen molar-refractivity contribution in [1.82, 2.24) is 16.0 Å². The highest BCUT2D eigenvalue weighted by Gasteiger charge is 2.29. The Balaban J connectivity index is 1.44. The summed E-state index contributed by atoms with van der Waals surface area (Å²) in [5, 5.41) is 18.4. The van der Waals surface area contributed by atoms with Gasteiger partial charge in [0, 0.05) is 12.6 Å². The van der Waals surface area contributed by atoms with Crippen molar-refractivity contribution in [2.75, 3.05) is 6.61 Å². The van der Waals surface area contributed by atoms with Crippen molar-refractivity contribution in [3.8, 4) is 0 Å². The first-order chi connectivity index (χ1) is 14.1. The van der Waals surface area contributed by atoms with Crippen LogP contribution in [0.15, 0.2) is 42.5 Å². The number of carbonyl (C=O) groups excluding carboxylic acids is 2. The molecule has 1 aliphatic carbocycles. The second-order valence-electron chi connectivity index (χ2n) is 7.73. The average Bonchev–Trinajstić information content (AvgIpc) is 2.74. The summed E-state index contributed by atoms with van der Waals surface area (Å²) < 4.78 is 5.82. The fourth-order valence-corrected chi connectivity index (χ4v) is 3.81. The maximum Gasteiger partial charge on any atom is 0.315 e. The minimum absolute atomic E-state index is 0.123. The lowest BCUT2D eigenvalue weighted by Crippen LogP contribution is -2.53. The summed E-state index contributed by atoms with van der Waals surface area (Å²) in [6, 6.07) is 9.24. The molecule has 158 valence electrons. The molecule has 0 saturated heterocycles. The van der Waals surface area contributed by atoms with E-state index in [9.17, 15) is 14.7 Å². The molecule has 3 rings (SSSR count). The molecule has 1 aliphatic heterocycles. The molecule has 0 spiro atoms. The first-order valence-corrected chi connectivity index (χ1v) is 10.5. The number of nitrogens with one attached hydrogen (secondary N) is 3. The normalized spacial score (nSPS) is 24.7. The maximum atomic E-state index is 12.3. The molecule has 1 fully saturated rings. The summed E-state index contributed by atoms with van der Waals surface area (Å²) >= 11 is 0. The van der Waals surface area contributed by atoms with Gasteiger partial charge in [-0.05, 0) is 18.4 Å². The molecule has 0 aromatic heterocycles. The fourth-order valence-electron chi connectivity index (χ4n) is 3.81. The van der Waals surface area contributed by atoms with E-state index in [1.165, 1.54) is 6.42 Å². The summed E-state index contributed by atoms with van der Waals surface area (Å²) in [7, 11) is 0. The summed E-state index contributed by atoms with van der Waals surface area (Å²) in [5.74, 6) is -0.123. The molecule has 7 heteroatoms. The van der Waals surface area contributed by atoms with E-state index < -0.39 is 18.2 Å². The van der Waals surface area contributed by atoms with Gasteiger partial charge < -0.3 is 25.8 Å². The maximum absolute atomic E-state index is 12.3. The van der Waals surface area contributed by atoms with Crippen molar-refractivity contribution < 1.29 is 19.4 Å². The second kappa shape index (κ2) is 11.0. The van der Waals surface area contributed by atoms with E-state index in [-0.39, 0.29) is 31.0 Å². The van der Waals surface area contributed by atoms with Crippen molar-refractivity contribution >= 4 is 11.9 Å². The van der Waals surface area contributed by atoms with Crippen LogP contribution < -0.4 is 16.0 Å². The largest absolute Gasteiger partial charge is 0.394 e. The minimum Gasteiger partial charge on any atom is -0.394 e. The smallest absolute Gasteiger partial charge is 0.315 e. The molecule has 4 N–H and O–H groups in total. The Morgan fingerprint density at radius 1 is 1.03 bits per heavy atom. The molecule has 7 nitrogen and oxygen atoms in total. The zero-order chi connectivity index (χ0) is 20.5. The lowest BCUT2D eigenvalue weighted by atomic mass is 9.96. The van der Waals surface area contributed by atoms with E-state index in [0.29, 0.717) is 6.54 Å². The molecule has 0 bridgehead atoms. The zero-order valence-corrected chi connectivity index (χ0v) is 16.7. The summed E-state index contributed by atoms with van der Waals surface area (Å²) in [6.45, 7) is 0.228. The highest BCUT2D eigenvalue weighted by molar-refractivity contribution is 5.77. The summed E-state index contributed by atoms with van der Waals surface area (Å²) in [4.78, 5) is 24.5. The topological polar surface area (TPSA) is 99.7 Å². The second-order valence-corrected chi connectivity index (χ2v) is 7.73. The van der Waals surface area contributed by atoms with Crippen LogP contribution >= 0.6 is 0 Å². The van der Waals surface area contributed by atoms with Crippen LogP contribution in [0.5, 0.6) is 0 Å². The Labute approximate surface area is 171 Å². The van der Waals surface area contributed by atoms with Crippen molar-refractivity contribution in [3.63, 3.8) is 0 Å². The van der Waals surface area contributed by atoms with Gasteiger partial charge >= 0.3 is 6.03 Å². The molecule has 3 amide bonds. The molecule has 0 unspecified atom stereocenters. The van der Waals surface area contributed by atoms with E-state index in [1.54, 1.807) is 12.2 Å². The highest BCUT2D eigenvalue weighted by Crippen LogP contribution is 2.18. The number of rotatable bonds is 7. The van der Waals surface area contributed by atoms with Gasteiger partial charge in [0.1, 0.15) is 6.10 Å². The van der Waals surface area contributed by atoms with E-state index >= 15 is 0 Å². The Morgan fingerprint density at radius 2 is 1.79 bits per heavy atom. The molecule has 1 saturated carbocycles. The number of carbonyl (C=O) groups is 2. The molecular weight excluding hydrogens is 370 g/mol. The predicted molar refractivity (Wildman–Crippen MR) is 110 cm³/mol. The van der Waals surface area contributed by atoms with Crippen LogP contribution in [0.25, 0.3) is 0 Å². The van der Waals surface area contributed by atoms with Gasteiger partial charge in [0.15, 0.2) is 0 Å². The molecule has 0 radical (unpaired) electrons. The van der Waals surface area contributed by atoms with Crippen LogP contribution in [0.1, 0.15) is 44.1 Å². The van der Waals surface area contributed by atoms with E-state index in [2.05, 4.69) is 16.0 Å². The van der Waals surface area contributed by atoms with Gasteiger partial charge in [0.2, 0.25) is 5.91 Å². The Morgan fingerprint density at radius 3 is 2.52 bits per heavy atom. The van der Waals surface area contributed by atoms with Crippen LogP contribution in [0.4, 0.5) is 4.79 Å². The first-order valence-electron chi connectivity index (χ1n) is 10.5. The van der Waals surface area contributed by atoms with Crippen LogP contribution in [0.2, 0.25) is 0 Å². The molecule has 1 aromatic carbocycles. The number of benzene rings is 1. The van der Waals surface area contributed by atoms with Gasteiger partial charge in [-0.3, -0.25) is 4.79 Å². The van der Waals surface area contributed by atoms with Crippen LogP contribution in [0.3, 0.4) is 0 Å². The van der Waals surface area contributed by atoms with Gasteiger partial charge in [-0.15, -0.1) is 0 Å². The van der Waals surface area contributed by atoms with Crippen molar-refractivity contribution in [2.24, 2.45) is 0 Å². The van der Waals surface area contributed by atoms with Gasteiger partial charge in [-0.2, -0.15) is 0 Å². The quantitative estimate of drug-likeness (QED) is 0.525. The Hall–Kier alpha value is -2.38. The van der Waals surface area contributed by atoms with Crippen molar-refractivity contribution in [1.29, 1.82) is 0 Å². The monoisotopic (exact) mass is 401 g/mol. The van der Waals surface area contributed by atoms with Crippen LogP contribution in [-0.2, 0) is 16.1 Å². The van der Waals surface area contributed by atoms with Crippen LogP contribution in [0, 0.1) is 0 Å².